The molecule has 1 rings (SSSR count). The molecule has 0 aliphatic carbocycles. The van der Waals surface area contributed by atoms with Gasteiger partial charge in [-0.25, -0.2) is 0 Å². The quantitative estimate of drug-likeness (QED) is 0.583. The molecule has 0 aromatic heterocycles. The van der Waals surface area contributed by atoms with Gasteiger partial charge < -0.3 is 4.74 Å². The Kier molecular flexibility index (Phi) is 4.37. The third-order valence-electron chi connectivity index (χ3n) is 2.22. The van der Waals surface area contributed by atoms with Crippen LogP contribution in [0.4, 0.5) is 0 Å². The van der Waals surface area contributed by atoms with Crippen molar-refractivity contribution in [1.29, 1.82) is 0 Å². The van der Waals surface area contributed by atoms with Crippen LogP contribution >= 0.6 is 0 Å². The Morgan fingerprint density at radius 1 is 1.67 bits per heavy atom. The number of hydrogen-bond acceptors (Lipinski definition) is 1. The van der Waals surface area contributed by atoms with E-state index in [2.05, 4.69) is 19.9 Å². The fraction of sp³-hybridized carbons (Fsp3) is 0.727. The Hall–Kier alpha value is -0.300. The molecule has 0 aromatic rings. The molecular weight excluding hydrogens is 148 g/mol. The van der Waals surface area contributed by atoms with E-state index in [0.29, 0.717) is 5.92 Å². The molecule has 2 atom stereocenters. The topological polar surface area (TPSA) is 9.23 Å². The molecule has 0 saturated carbocycles. The van der Waals surface area contributed by atoms with E-state index in [1.165, 1.54) is 12.8 Å². The molecule has 0 amide bonds. The maximum absolute atomic E-state index is 5.51. The summed E-state index contributed by atoms with van der Waals surface area (Å²) < 4.78 is 5.51. The highest BCUT2D eigenvalue weighted by atomic mass is 16.5. The van der Waals surface area contributed by atoms with Gasteiger partial charge in [0.05, 0.1) is 6.10 Å². The lowest BCUT2D eigenvalue weighted by Crippen LogP contribution is -2.25. The Morgan fingerprint density at radius 2 is 2.50 bits per heavy atom. The van der Waals surface area contributed by atoms with Gasteiger partial charge in [-0.05, 0) is 25.2 Å². The van der Waals surface area contributed by atoms with E-state index in [9.17, 15) is 0 Å². The summed E-state index contributed by atoms with van der Waals surface area (Å²) in [6.07, 6.45) is 10.2. The summed E-state index contributed by atoms with van der Waals surface area (Å²) in [5.74, 6) is 0.661. The molecule has 12 heavy (non-hydrogen) atoms. The molecule has 2 unspecified atom stereocenters. The molecule has 1 heteroatoms. The molecule has 1 fully saturated rings. The van der Waals surface area contributed by atoms with Crippen LogP contribution in [0.15, 0.2) is 12.7 Å². The second-order valence-corrected chi connectivity index (χ2v) is 3.32. The van der Waals surface area contributed by atoms with E-state index in [1.54, 1.807) is 0 Å². The van der Waals surface area contributed by atoms with E-state index in [1.807, 2.05) is 6.08 Å². The van der Waals surface area contributed by atoms with Gasteiger partial charge in [-0.2, -0.15) is 0 Å². The van der Waals surface area contributed by atoms with Crippen molar-refractivity contribution in [3.8, 4) is 0 Å². The third-order valence-corrected chi connectivity index (χ3v) is 2.22. The van der Waals surface area contributed by atoms with Gasteiger partial charge in [-0.15, -0.1) is 6.58 Å². The summed E-state index contributed by atoms with van der Waals surface area (Å²) in [7, 11) is 0. The normalized spacial score (nSPS) is 30.1. The predicted octanol–water partition coefficient (Wildman–Crippen LogP) is 2.85. The fourth-order valence-corrected chi connectivity index (χ4v) is 1.61. The number of ether oxygens (including phenoxy) is 1. The summed E-state index contributed by atoms with van der Waals surface area (Å²) in [6, 6.07) is 0. The van der Waals surface area contributed by atoms with Crippen LogP contribution in [0.3, 0.4) is 0 Å². The Morgan fingerprint density at radius 3 is 3.17 bits per heavy atom. The van der Waals surface area contributed by atoms with Crippen molar-refractivity contribution in [3.05, 3.63) is 19.1 Å². The average Bonchev–Trinajstić information content (AvgIpc) is 2.06. The van der Waals surface area contributed by atoms with Crippen molar-refractivity contribution in [2.75, 3.05) is 6.61 Å². The van der Waals surface area contributed by atoms with Gasteiger partial charge in [0, 0.05) is 13.0 Å². The lowest BCUT2D eigenvalue weighted by Gasteiger charge is -2.27. The predicted molar refractivity (Wildman–Crippen MR) is 50.8 cm³/mol. The lowest BCUT2D eigenvalue weighted by molar-refractivity contribution is 0.0308. The van der Waals surface area contributed by atoms with Crippen molar-refractivity contribution in [2.24, 2.45) is 5.92 Å². The van der Waals surface area contributed by atoms with Crippen LogP contribution in [0.2, 0.25) is 0 Å². The highest BCUT2D eigenvalue weighted by Crippen LogP contribution is 2.24. The van der Waals surface area contributed by atoms with Crippen LogP contribution in [-0.2, 0) is 4.74 Å². The van der Waals surface area contributed by atoms with Gasteiger partial charge in [0.1, 0.15) is 0 Å². The second-order valence-electron chi connectivity index (χ2n) is 3.32. The molecule has 68 valence electrons. The molecule has 0 bridgehead atoms. The van der Waals surface area contributed by atoms with Gasteiger partial charge in [-0.1, -0.05) is 19.4 Å². The summed E-state index contributed by atoms with van der Waals surface area (Å²) in [5, 5.41) is 0. The van der Waals surface area contributed by atoms with E-state index in [0.717, 1.165) is 19.4 Å². The van der Waals surface area contributed by atoms with Crippen LogP contribution in [0.1, 0.15) is 32.6 Å². The Labute approximate surface area is 75.8 Å². The summed E-state index contributed by atoms with van der Waals surface area (Å²) in [4.78, 5) is 0. The SMILES string of the molecule is C=CCC1[C]C(CCC)CCO1. The van der Waals surface area contributed by atoms with Gasteiger partial charge in [-0.3, -0.25) is 0 Å². The largest absolute Gasteiger partial charge is 0.377 e. The fourth-order valence-electron chi connectivity index (χ4n) is 1.61. The zero-order valence-electron chi connectivity index (χ0n) is 7.88. The van der Waals surface area contributed by atoms with E-state index < -0.39 is 0 Å². The highest BCUT2D eigenvalue weighted by molar-refractivity contribution is 4.91. The smallest absolute Gasteiger partial charge is 0.0681 e. The first-order chi connectivity index (χ1) is 5.86. The summed E-state index contributed by atoms with van der Waals surface area (Å²) in [5.41, 5.74) is 0. The number of rotatable bonds is 4. The zero-order chi connectivity index (χ0) is 8.81. The van der Waals surface area contributed by atoms with E-state index >= 15 is 0 Å². The minimum Gasteiger partial charge on any atom is -0.377 e. The molecule has 0 aromatic carbocycles. The molecule has 1 aliphatic rings. The van der Waals surface area contributed by atoms with E-state index in [-0.39, 0.29) is 6.10 Å². The molecule has 1 heterocycles. The van der Waals surface area contributed by atoms with E-state index in [4.69, 9.17) is 4.74 Å². The first kappa shape index (κ1) is 9.79. The third kappa shape index (κ3) is 2.98. The van der Waals surface area contributed by atoms with Crippen LogP contribution in [0.5, 0.6) is 0 Å². The molecule has 0 spiro atoms. The Bertz CT molecular complexity index is 129. The Balaban J connectivity index is 2.24. The van der Waals surface area contributed by atoms with Crippen molar-refractivity contribution < 1.29 is 4.74 Å². The minimum atomic E-state index is 0.216. The van der Waals surface area contributed by atoms with Crippen LogP contribution < -0.4 is 0 Å². The highest BCUT2D eigenvalue weighted by Gasteiger charge is 2.21. The molecular formula is C11H18O. The van der Waals surface area contributed by atoms with Gasteiger partial charge in [0.2, 0.25) is 0 Å². The summed E-state index contributed by atoms with van der Waals surface area (Å²) >= 11 is 0. The molecule has 1 aliphatic heterocycles. The summed E-state index contributed by atoms with van der Waals surface area (Å²) in [6.45, 7) is 6.83. The lowest BCUT2D eigenvalue weighted by atomic mass is 9.90. The van der Waals surface area contributed by atoms with Gasteiger partial charge in [0.15, 0.2) is 0 Å². The molecule has 1 nitrogen and oxygen atoms in total. The van der Waals surface area contributed by atoms with Crippen molar-refractivity contribution in [3.63, 3.8) is 0 Å². The molecule has 0 N–H and O–H groups in total. The maximum Gasteiger partial charge on any atom is 0.0681 e. The minimum absolute atomic E-state index is 0.216. The van der Waals surface area contributed by atoms with Crippen LogP contribution in [-0.4, -0.2) is 12.7 Å². The van der Waals surface area contributed by atoms with Crippen molar-refractivity contribution >= 4 is 0 Å². The maximum atomic E-state index is 5.51. The van der Waals surface area contributed by atoms with Crippen LogP contribution in [0, 0.1) is 12.3 Å². The zero-order valence-corrected chi connectivity index (χ0v) is 7.88. The first-order valence-electron chi connectivity index (χ1n) is 4.85. The van der Waals surface area contributed by atoms with Crippen LogP contribution in [0.25, 0.3) is 0 Å². The monoisotopic (exact) mass is 166 g/mol. The van der Waals surface area contributed by atoms with Crippen molar-refractivity contribution in [1.82, 2.24) is 0 Å². The van der Waals surface area contributed by atoms with Gasteiger partial charge in [0.25, 0.3) is 0 Å². The van der Waals surface area contributed by atoms with Gasteiger partial charge >= 0.3 is 0 Å². The second kappa shape index (κ2) is 5.36. The first-order valence-corrected chi connectivity index (χ1v) is 4.85. The standard InChI is InChI=1S/C11H18O/c1-3-5-10-7-8-12-11(9-10)6-4-2/h4,10-11H,2-3,5-8H2,1H3. The van der Waals surface area contributed by atoms with Crippen molar-refractivity contribution in [2.45, 2.75) is 38.7 Å². The molecule has 1 saturated heterocycles. The average molecular weight is 166 g/mol. The number of hydrogen-bond donors (Lipinski definition) is 0. The molecule has 2 radical (unpaired) electrons.